The number of nitrogens with zero attached hydrogens (tertiary/aromatic N) is 1. The van der Waals surface area contributed by atoms with E-state index in [-0.39, 0.29) is 0 Å². The number of aryl methyl sites for hydroxylation is 2. The smallest absolute Gasteiger partial charge is 0.123 e. The molecule has 0 fully saturated rings. The average molecular weight is 199 g/mol. The first-order valence-corrected chi connectivity index (χ1v) is 4.91. The van der Waals surface area contributed by atoms with Gasteiger partial charge in [-0.05, 0) is 26.0 Å². The zero-order chi connectivity index (χ0) is 10.8. The number of benzene rings is 1. The largest absolute Gasteiger partial charge is 0.507 e. The summed E-state index contributed by atoms with van der Waals surface area (Å²) in [6.45, 7) is 3.91. The van der Waals surface area contributed by atoms with Gasteiger partial charge in [0.1, 0.15) is 5.75 Å². The van der Waals surface area contributed by atoms with E-state index < -0.39 is 0 Å². The van der Waals surface area contributed by atoms with Crippen molar-refractivity contribution in [3.63, 3.8) is 0 Å². The first kappa shape index (κ1) is 9.71. The van der Waals surface area contributed by atoms with Crippen molar-refractivity contribution >= 4 is 0 Å². The first-order chi connectivity index (χ1) is 7.18. The first-order valence-electron chi connectivity index (χ1n) is 4.91. The summed E-state index contributed by atoms with van der Waals surface area (Å²) in [5, 5.41) is 9.73. The summed E-state index contributed by atoms with van der Waals surface area (Å²) < 4.78 is 0. The number of aromatic nitrogens is 1. The lowest BCUT2D eigenvalue weighted by Gasteiger charge is -2.07. The lowest BCUT2D eigenvalue weighted by atomic mass is 10.0. The highest BCUT2D eigenvalue weighted by atomic mass is 16.3. The second kappa shape index (κ2) is 3.73. The van der Waals surface area contributed by atoms with E-state index in [1.165, 1.54) is 0 Å². The van der Waals surface area contributed by atoms with Crippen molar-refractivity contribution in [2.45, 2.75) is 13.8 Å². The second-order valence-electron chi connectivity index (χ2n) is 3.60. The number of phenols is 1. The van der Waals surface area contributed by atoms with E-state index in [1.807, 2.05) is 44.2 Å². The monoisotopic (exact) mass is 199 g/mol. The molecule has 0 saturated carbocycles. The molecule has 2 aromatic rings. The highest BCUT2D eigenvalue weighted by molar-refractivity contribution is 5.71. The lowest BCUT2D eigenvalue weighted by Crippen LogP contribution is -1.90. The van der Waals surface area contributed by atoms with E-state index in [2.05, 4.69) is 4.98 Å². The van der Waals surface area contributed by atoms with Gasteiger partial charge in [0.25, 0.3) is 0 Å². The SMILES string of the molecule is Cc1ccc(-c2ccccc2O)c(C)n1. The number of hydrogen-bond donors (Lipinski definition) is 1. The standard InChI is InChI=1S/C13H13NO/c1-9-7-8-11(10(2)14-9)12-5-3-4-6-13(12)15/h3-8,15H,1-2H3. The van der Waals surface area contributed by atoms with Gasteiger partial charge in [0.05, 0.1) is 0 Å². The molecule has 1 heterocycles. The minimum absolute atomic E-state index is 0.297. The molecule has 2 rings (SSSR count). The fourth-order valence-electron chi connectivity index (χ4n) is 1.67. The van der Waals surface area contributed by atoms with Gasteiger partial charge in [-0.1, -0.05) is 24.3 Å². The molecule has 0 aliphatic heterocycles. The molecule has 0 bridgehead atoms. The van der Waals surface area contributed by atoms with Gasteiger partial charge in [-0.3, -0.25) is 4.98 Å². The molecule has 1 aromatic heterocycles. The molecule has 0 saturated heterocycles. The quantitative estimate of drug-likeness (QED) is 0.765. The zero-order valence-electron chi connectivity index (χ0n) is 8.86. The van der Waals surface area contributed by atoms with Crippen LogP contribution in [0.4, 0.5) is 0 Å². The number of hydrogen-bond acceptors (Lipinski definition) is 2. The van der Waals surface area contributed by atoms with Crippen molar-refractivity contribution < 1.29 is 5.11 Å². The van der Waals surface area contributed by atoms with Gasteiger partial charge in [-0.25, -0.2) is 0 Å². The van der Waals surface area contributed by atoms with Crippen molar-refractivity contribution in [3.05, 3.63) is 47.8 Å². The fraction of sp³-hybridized carbons (Fsp3) is 0.154. The molecule has 0 aliphatic rings. The summed E-state index contributed by atoms with van der Waals surface area (Å²) in [6, 6.07) is 11.3. The van der Waals surface area contributed by atoms with Gasteiger partial charge in [-0.2, -0.15) is 0 Å². The highest BCUT2D eigenvalue weighted by Crippen LogP contribution is 2.30. The van der Waals surface area contributed by atoms with Gasteiger partial charge in [0.15, 0.2) is 0 Å². The molecular formula is C13H13NO. The van der Waals surface area contributed by atoms with Crippen LogP contribution in [0.25, 0.3) is 11.1 Å². The van der Waals surface area contributed by atoms with Crippen LogP contribution in [0.3, 0.4) is 0 Å². The Bertz CT molecular complexity index is 492. The highest BCUT2D eigenvalue weighted by Gasteiger charge is 2.06. The maximum absolute atomic E-state index is 9.73. The molecule has 76 valence electrons. The summed E-state index contributed by atoms with van der Waals surface area (Å²) >= 11 is 0. The Labute approximate surface area is 89.2 Å². The maximum Gasteiger partial charge on any atom is 0.123 e. The van der Waals surface area contributed by atoms with Gasteiger partial charge in [0, 0.05) is 22.5 Å². The van der Waals surface area contributed by atoms with Gasteiger partial charge in [0.2, 0.25) is 0 Å². The Morgan fingerprint density at radius 1 is 0.933 bits per heavy atom. The van der Waals surface area contributed by atoms with Crippen LogP contribution in [-0.2, 0) is 0 Å². The van der Waals surface area contributed by atoms with Gasteiger partial charge < -0.3 is 5.11 Å². The van der Waals surface area contributed by atoms with Crippen LogP contribution in [0.5, 0.6) is 5.75 Å². The minimum Gasteiger partial charge on any atom is -0.507 e. The maximum atomic E-state index is 9.73. The van der Waals surface area contributed by atoms with E-state index in [0.29, 0.717) is 5.75 Å². The molecule has 0 atom stereocenters. The zero-order valence-corrected chi connectivity index (χ0v) is 8.86. The van der Waals surface area contributed by atoms with E-state index in [1.54, 1.807) is 6.07 Å². The molecule has 0 spiro atoms. The lowest BCUT2D eigenvalue weighted by molar-refractivity contribution is 0.477. The average Bonchev–Trinajstić information content (AvgIpc) is 2.20. The number of para-hydroxylation sites is 1. The predicted octanol–water partition coefficient (Wildman–Crippen LogP) is 3.07. The summed E-state index contributed by atoms with van der Waals surface area (Å²) in [7, 11) is 0. The molecule has 2 nitrogen and oxygen atoms in total. The molecule has 1 N–H and O–H groups in total. The fourth-order valence-corrected chi connectivity index (χ4v) is 1.67. The van der Waals surface area contributed by atoms with E-state index >= 15 is 0 Å². The summed E-state index contributed by atoms with van der Waals surface area (Å²) in [5.41, 5.74) is 3.75. The van der Waals surface area contributed by atoms with Crippen LogP contribution in [0.1, 0.15) is 11.4 Å². The normalized spacial score (nSPS) is 10.3. The Morgan fingerprint density at radius 2 is 1.67 bits per heavy atom. The van der Waals surface area contributed by atoms with Crippen molar-refractivity contribution in [1.29, 1.82) is 0 Å². The van der Waals surface area contributed by atoms with E-state index in [0.717, 1.165) is 22.5 Å². The predicted molar refractivity (Wildman–Crippen MR) is 60.8 cm³/mol. The molecule has 2 heteroatoms. The Balaban J connectivity index is 2.60. The Morgan fingerprint density at radius 3 is 2.33 bits per heavy atom. The third-order valence-electron chi connectivity index (χ3n) is 2.42. The molecule has 0 unspecified atom stereocenters. The van der Waals surface area contributed by atoms with Crippen LogP contribution in [0.2, 0.25) is 0 Å². The van der Waals surface area contributed by atoms with Crippen LogP contribution in [-0.4, -0.2) is 10.1 Å². The van der Waals surface area contributed by atoms with Gasteiger partial charge >= 0.3 is 0 Å². The third-order valence-corrected chi connectivity index (χ3v) is 2.42. The van der Waals surface area contributed by atoms with Crippen molar-refractivity contribution in [2.75, 3.05) is 0 Å². The number of phenolic OH excluding ortho intramolecular Hbond substituents is 1. The Hall–Kier alpha value is -1.83. The summed E-state index contributed by atoms with van der Waals surface area (Å²) in [5.74, 6) is 0.297. The molecular weight excluding hydrogens is 186 g/mol. The number of rotatable bonds is 1. The van der Waals surface area contributed by atoms with Gasteiger partial charge in [-0.15, -0.1) is 0 Å². The Kier molecular flexibility index (Phi) is 2.42. The third kappa shape index (κ3) is 1.84. The van der Waals surface area contributed by atoms with Crippen LogP contribution >= 0.6 is 0 Å². The van der Waals surface area contributed by atoms with Crippen LogP contribution in [0.15, 0.2) is 36.4 Å². The van der Waals surface area contributed by atoms with Crippen molar-refractivity contribution in [2.24, 2.45) is 0 Å². The summed E-state index contributed by atoms with van der Waals surface area (Å²) in [6.07, 6.45) is 0. The molecule has 0 radical (unpaired) electrons. The number of pyridine rings is 1. The molecule has 15 heavy (non-hydrogen) atoms. The molecule has 0 aliphatic carbocycles. The number of aromatic hydroxyl groups is 1. The second-order valence-corrected chi connectivity index (χ2v) is 3.60. The van der Waals surface area contributed by atoms with E-state index in [4.69, 9.17) is 0 Å². The van der Waals surface area contributed by atoms with Crippen molar-refractivity contribution in [3.8, 4) is 16.9 Å². The molecule has 1 aromatic carbocycles. The molecule has 0 amide bonds. The van der Waals surface area contributed by atoms with Crippen molar-refractivity contribution in [1.82, 2.24) is 4.98 Å². The van der Waals surface area contributed by atoms with Crippen LogP contribution in [0, 0.1) is 13.8 Å². The summed E-state index contributed by atoms with van der Waals surface area (Å²) in [4.78, 5) is 4.38. The topological polar surface area (TPSA) is 33.1 Å². The minimum atomic E-state index is 0.297. The van der Waals surface area contributed by atoms with Crippen LogP contribution < -0.4 is 0 Å². The van der Waals surface area contributed by atoms with E-state index in [9.17, 15) is 5.11 Å².